The van der Waals surface area contributed by atoms with E-state index in [0.29, 0.717) is 0 Å². The molecule has 3 nitrogen and oxygen atoms in total. The van der Waals surface area contributed by atoms with Crippen molar-refractivity contribution in [3.63, 3.8) is 0 Å². The van der Waals surface area contributed by atoms with Crippen LogP contribution < -0.4 is 4.90 Å². The molecule has 9 rings (SSSR count). The SMILES string of the molecule is c1ccc(-c2ccc(N(c3ccc4c(c3)-c3cccc5cccc-4c35)c3ccc4oc5ccncc5c4c3)cc2)cc1. The second kappa shape index (κ2) is 8.92. The fraction of sp³-hybridized carbons (Fsp3) is 0. The van der Waals surface area contributed by atoms with Crippen LogP contribution in [0, 0.1) is 0 Å². The Labute approximate surface area is 242 Å². The van der Waals surface area contributed by atoms with E-state index < -0.39 is 0 Å². The minimum absolute atomic E-state index is 0.847. The summed E-state index contributed by atoms with van der Waals surface area (Å²) in [7, 11) is 0. The second-order valence-corrected chi connectivity index (χ2v) is 10.8. The smallest absolute Gasteiger partial charge is 0.138 e. The van der Waals surface area contributed by atoms with Gasteiger partial charge in [-0.15, -0.1) is 0 Å². The quantitative estimate of drug-likeness (QED) is 0.224. The highest BCUT2D eigenvalue weighted by atomic mass is 16.3. The van der Waals surface area contributed by atoms with Crippen molar-refractivity contribution in [1.82, 2.24) is 4.98 Å². The predicted octanol–water partition coefficient (Wildman–Crippen LogP) is 10.9. The first-order chi connectivity index (χ1) is 20.8. The van der Waals surface area contributed by atoms with E-state index >= 15 is 0 Å². The molecule has 0 saturated carbocycles. The number of furan rings is 1. The van der Waals surface area contributed by atoms with Crippen molar-refractivity contribution in [2.24, 2.45) is 0 Å². The molecule has 2 heterocycles. The number of pyridine rings is 1. The largest absolute Gasteiger partial charge is 0.456 e. The van der Waals surface area contributed by atoms with E-state index in [1.807, 2.05) is 12.3 Å². The third-order valence-corrected chi connectivity index (χ3v) is 8.49. The predicted molar refractivity (Wildman–Crippen MR) is 174 cm³/mol. The molecule has 0 saturated heterocycles. The van der Waals surface area contributed by atoms with Crippen LogP contribution in [0.25, 0.3) is 66.1 Å². The molecule has 0 N–H and O–H groups in total. The topological polar surface area (TPSA) is 29.3 Å². The Bertz CT molecular complexity index is 2290. The van der Waals surface area contributed by atoms with Gasteiger partial charge in [-0.2, -0.15) is 0 Å². The highest BCUT2D eigenvalue weighted by Gasteiger charge is 2.23. The molecule has 1 aliphatic carbocycles. The first-order valence-corrected chi connectivity index (χ1v) is 14.2. The first kappa shape index (κ1) is 23.1. The zero-order valence-corrected chi connectivity index (χ0v) is 22.7. The van der Waals surface area contributed by atoms with Crippen LogP contribution >= 0.6 is 0 Å². The molecule has 0 aliphatic heterocycles. The summed E-state index contributed by atoms with van der Waals surface area (Å²) in [6, 6.07) is 47.8. The average molecular weight is 537 g/mol. The van der Waals surface area contributed by atoms with Crippen LogP contribution in [0.2, 0.25) is 0 Å². The van der Waals surface area contributed by atoms with E-state index in [-0.39, 0.29) is 0 Å². The minimum atomic E-state index is 0.847. The van der Waals surface area contributed by atoms with Gasteiger partial charge in [-0.3, -0.25) is 4.98 Å². The van der Waals surface area contributed by atoms with E-state index in [1.54, 1.807) is 6.20 Å². The van der Waals surface area contributed by atoms with Crippen molar-refractivity contribution in [2.45, 2.75) is 0 Å². The van der Waals surface area contributed by atoms with Gasteiger partial charge in [0.05, 0.1) is 0 Å². The van der Waals surface area contributed by atoms with Gasteiger partial charge >= 0.3 is 0 Å². The summed E-state index contributed by atoms with van der Waals surface area (Å²) in [5.41, 5.74) is 12.5. The van der Waals surface area contributed by atoms with Gasteiger partial charge in [0.15, 0.2) is 0 Å². The number of aromatic nitrogens is 1. The van der Waals surface area contributed by atoms with Crippen molar-refractivity contribution >= 4 is 49.8 Å². The zero-order valence-electron chi connectivity index (χ0n) is 22.7. The van der Waals surface area contributed by atoms with Crippen LogP contribution in [-0.2, 0) is 0 Å². The molecule has 0 bridgehead atoms. The lowest BCUT2D eigenvalue weighted by molar-refractivity contribution is 0.668. The highest BCUT2D eigenvalue weighted by Crippen LogP contribution is 2.49. The lowest BCUT2D eigenvalue weighted by atomic mass is 10.0. The lowest BCUT2D eigenvalue weighted by Crippen LogP contribution is -2.10. The van der Waals surface area contributed by atoms with Crippen LogP contribution in [0.4, 0.5) is 17.1 Å². The van der Waals surface area contributed by atoms with Gasteiger partial charge in [0.2, 0.25) is 0 Å². The molecular formula is C39H24N2O. The zero-order chi connectivity index (χ0) is 27.6. The molecule has 6 aromatic carbocycles. The van der Waals surface area contributed by atoms with E-state index in [0.717, 1.165) is 39.0 Å². The molecule has 0 atom stereocenters. The molecule has 0 unspecified atom stereocenters. The van der Waals surface area contributed by atoms with Gasteiger partial charge in [-0.25, -0.2) is 0 Å². The molecule has 0 radical (unpaired) electrons. The Morgan fingerprint density at radius 1 is 0.476 bits per heavy atom. The van der Waals surface area contributed by atoms with Gasteiger partial charge in [-0.05, 0) is 92.7 Å². The van der Waals surface area contributed by atoms with Crippen molar-refractivity contribution in [3.8, 4) is 33.4 Å². The van der Waals surface area contributed by atoms with Crippen molar-refractivity contribution < 1.29 is 4.42 Å². The summed E-state index contributed by atoms with van der Waals surface area (Å²) in [6.45, 7) is 0. The second-order valence-electron chi connectivity index (χ2n) is 10.8. The highest BCUT2D eigenvalue weighted by molar-refractivity contribution is 6.16. The van der Waals surface area contributed by atoms with Crippen LogP contribution in [0.3, 0.4) is 0 Å². The van der Waals surface area contributed by atoms with Crippen molar-refractivity contribution in [1.29, 1.82) is 0 Å². The summed E-state index contributed by atoms with van der Waals surface area (Å²) in [5, 5.41) is 4.69. The third kappa shape index (κ3) is 3.44. The third-order valence-electron chi connectivity index (χ3n) is 8.49. The number of hydrogen-bond donors (Lipinski definition) is 0. The fourth-order valence-electron chi connectivity index (χ4n) is 6.55. The molecule has 2 aromatic heterocycles. The normalized spacial score (nSPS) is 11.8. The monoisotopic (exact) mass is 536 g/mol. The lowest BCUT2D eigenvalue weighted by Gasteiger charge is -2.26. The molecule has 0 spiro atoms. The molecule has 3 heteroatoms. The van der Waals surface area contributed by atoms with Crippen LogP contribution in [0.5, 0.6) is 0 Å². The summed E-state index contributed by atoms with van der Waals surface area (Å²) >= 11 is 0. The standard InChI is InChI=1S/C39H24N2O/c1-2-6-25(7-3-1)26-12-14-28(15-13-26)41(30-17-19-37-35(23-30)36-24-40-21-20-38(36)42-37)29-16-18-31-32-10-4-8-27-9-5-11-33(39(27)32)34(31)22-29/h1-24H. The maximum absolute atomic E-state index is 6.13. The fourth-order valence-corrected chi connectivity index (χ4v) is 6.55. The van der Waals surface area contributed by atoms with Crippen LogP contribution in [0.1, 0.15) is 0 Å². The Hall–Kier alpha value is -5.67. The Morgan fingerprint density at radius 2 is 1.17 bits per heavy atom. The maximum atomic E-state index is 6.13. The number of benzene rings is 6. The summed E-state index contributed by atoms with van der Waals surface area (Å²) in [6.07, 6.45) is 3.66. The van der Waals surface area contributed by atoms with Gasteiger partial charge in [-0.1, -0.05) is 84.9 Å². The number of nitrogens with zero attached hydrogens (tertiary/aromatic N) is 2. The van der Waals surface area contributed by atoms with E-state index in [9.17, 15) is 0 Å². The molecule has 1 aliphatic rings. The van der Waals surface area contributed by atoms with Crippen LogP contribution in [0.15, 0.2) is 150 Å². The Morgan fingerprint density at radius 3 is 2.00 bits per heavy atom. The first-order valence-electron chi connectivity index (χ1n) is 14.2. The Balaban J connectivity index is 1.24. The summed E-state index contributed by atoms with van der Waals surface area (Å²) in [5.74, 6) is 0. The maximum Gasteiger partial charge on any atom is 0.138 e. The number of rotatable bonds is 4. The molecule has 0 amide bonds. The van der Waals surface area contributed by atoms with Crippen molar-refractivity contribution in [2.75, 3.05) is 4.90 Å². The van der Waals surface area contributed by atoms with Gasteiger partial charge in [0, 0.05) is 40.2 Å². The van der Waals surface area contributed by atoms with Crippen LogP contribution in [-0.4, -0.2) is 4.98 Å². The average Bonchev–Trinajstić information content (AvgIpc) is 3.59. The summed E-state index contributed by atoms with van der Waals surface area (Å²) in [4.78, 5) is 6.71. The number of hydrogen-bond acceptors (Lipinski definition) is 3. The Kier molecular flexibility index (Phi) is 4.90. The van der Waals surface area contributed by atoms with Gasteiger partial charge in [0.25, 0.3) is 0 Å². The molecule has 196 valence electrons. The number of anilines is 3. The number of fused-ring (bicyclic) bond motifs is 6. The summed E-state index contributed by atoms with van der Waals surface area (Å²) < 4.78 is 6.13. The molecular weight excluding hydrogens is 512 g/mol. The minimum Gasteiger partial charge on any atom is -0.456 e. The molecule has 8 aromatic rings. The molecule has 42 heavy (non-hydrogen) atoms. The van der Waals surface area contributed by atoms with E-state index in [4.69, 9.17) is 4.42 Å². The van der Waals surface area contributed by atoms with Crippen molar-refractivity contribution in [3.05, 3.63) is 146 Å². The van der Waals surface area contributed by atoms with E-state index in [1.165, 1.54) is 44.2 Å². The van der Waals surface area contributed by atoms with E-state index in [2.05, 4.69) is 137 Å². The van der Waals surface area contributed by atoms with Gasteiger partial charge < -0.3 is 9.32 Å². The van der Waals surface area contributed by atoms with Gasteiger partial charge in [0.1, 0.15) is 11.2 Å². The molecule has 0 fully saturated rings.